The van der Waals surface area contributed by atoms with E-state index < -0.39 is 0 Å². The van der Waals surface area contributed by atoms with Gasteiger partial charge in [0, 0.05) is 25.6 Å². The second-order valence-electron chi connectivity index (χ2n) is 6.69. The van der Waals surface area contributed by atoms with Gasteiger partial charge in [0.15, 0.2) is 0 Å². The van der Waals surface area contributed by atoms with E-state index >= 15 is 0 Å². The van der Waals surface area contributed by atoms with Crippen molar-refractivity contribution in [2.24, 2.45) is 0 Å². The van der Waals surface area contributed by atoms with Crippen LogP contribution in [0.3, 0.4) is 0 Å². The summed E-state index contributed by atoms with van der Waals surface area (Å²) in [6.45, 7) is 1.62. The van der Waals surface area contributed by atoms with E-state index in [0.717, 1.165) is 31.7 Å². The number of methoxy groups -OCH3 is 1. The molecule has 2 rings (SSSR count). The number of aryl methyl sites for hydroxylation is 1. The van der Waals surface area contributed by atoms with Crippen LogP contribution < -0.4 is 15.4 Å². The normalized spacial score (nSPS) is 15.1. The molecule has 1 aliphatic carbocycles. The molecule has 2 N–H and O–H groups in total. The predicted octanol–water partition coefficient (Wildman–Crippen LogP) is 3.87. The molecular weight excluding hydrogens is 336 g/mol. The summed E-state index contributed by atoms with van der Waals surface area (Å²) in [6, 6.07) is 8.71. The second-order valence-corrected chi connectivity index (χ2v) is 6.69. The standard InChI is InChI=1S/C20H32N2O2.ClH/c1-24-19-13-11-17(12-14-19)7-6-10-20(23)22-16-15-21-18-8-4-2-3-5-9-18;/h11-14,18,21H,2-10,15-16H2,1H3,(H,22,23);1H. The maximum absolute atomic E-state index is 11.9. The second kappa shape index (κ2) is 13.0. The van der Waals surface area contributed by atoms with E-state index in [1.165, 1.54) is 44.1 Å². The van der Waals surface area contributed by atoms with Gasteiger partial charge in [0.2, 0.25) is 5.91 Å². The molecule has 0 radical (unpaired) electrons. The minimum Gasteiger partial charge on any atom is -0.497 e. The van der Waals surface area contributed by atoms with E-state index in [9.17, 15) is 4.79 Å². The van der Waals surface area contributed by atoms with Crippen molar-refractivity contribution in [2.75, 3.05) is 20.2 Å². The average molecular weight is 369 g/mol. The van der Waals surface area contributed by atoms with Gasteiger partial charge >= 0.3 is 0 Å². The first-order chi connectivity index (χ1) is 11.8. The van der Waals surface area contributed by atoms with Crippen LogP contribution in [0.5, 0.6) is 5.75 Å². The molecule has 1 aliphatic rings. The van der Waals surface area contributed by atoms with Crippen LogP contribution in [-0.2, 0) is 11.2 Å². The van der Waals surface area contributed by atoms with Crippen LogP contribution in [0.25, 0.3) is 0 Å². The summed E-state index contributed by atoms with van der Waals surface area (Å²) in [4.78, 5) is 11.9. The monoisotopic (exact) mass is 368 g/mol. The Bertz CT molecular complexity index is 471. The van der Waals surface area contributed by atoms with Gasteiger partial charge in [-0.1, -0.05) is 37.8 Å². The zero-order valence-electron chi connectivity index (χ0n) is 15.4. The molecule has 142 valence electrons. The van der Waals surface area contributed by atoms with E-state index in [2.05, 4.69) is 22.8 Å². The fourth-order valence-corrected chi connectivity index (χ4v) is 3.30. The molecule has 0 aliphatic heterocycles. The van der Waals surface area contributed by atoms with Crippen molar-refractivity contribution >= 4 is 18.3 Å². The lowest BCUT2D eigenvalue weighted by molar-refractivity contribution is -0.121. The predicted molar refractivity (Wildman–Crippen MR) is 106 cm³/mol. The van der Waals surface area contributed by atoms with Crippen molar-refractivity contribution in [1.82, 2.24) is 10.6 Å². The summed E-state index contributed by atoms with van der Waals surface area (Å²) in [5, 5.41) is 6.60. The molecule has 1 aromatic carbocycles. The maximum Gasteiger partial charge on any atom is 0.220 e. The van der Waals surface area contributed by atoms with Crippen LogP contribution in [0.2, 0.25) is 0 Å². The van der Waals surface area contributed by atoms with Crippen molar-refractivity contribution in [3.05, 3.63) is 29.8 Å². The quantitative estimate of drug-likeness (QED) is 0.514. The Hall–Kier alpha value is -1.26. The molecule has 1 amide bonds. The molecular formula is C20H33ClN2O2. The third kappa shape index (κ3) is 9.13. The third-order valence-corrected chi connectivity index (χ3v) is 4.76. The molecule has 0 aromatic heterocycles. The van der Waals surface area contributed by atoms with Crippen molar-refractivity contribution in [3.63, 3.8) is 0 Å². The Morgan fingerprint density at radius 2 is 1.76 bits per heavy atom. The number of hydrogen-bond acceptors (Lipinski definition) is 3. The van der Waals surface area contributed by atoms with Gasteiger partial charge in [0.05, 0.1) is 7.11 Å². The lowest BCUT2D eigenvalue weighted by atomic mass is 10.1. The molecule has 25 heavy (non-hydrogen) atoms. The fourth-order valence-electron chi connectivity index (χ4n) is 3.30. The zero-order chi connectivity index (χ0) is 17.0. The summed E-state index contributed by atoms with van der Waals surface area (Å²) in [6.07, 6.45) is 10.4. The van der Waals surface area contributed by atoms with Crippen molar-refractivity contribution in [1.29, 1.82) is 0 Å². The lowest BCUT2D eigenvalue weighted by Gasteiger charge is -2.16. The van der Waals surface area contributed by atoms with Crippen molar-refractivity contribution in [3.8, 4) is 5.75 Å². The van der Waals surface area contributed by atoms with Crippen LogP contribution in [0, 0.1) is 0 Å². The Labute approximate surface area is 158 Å². The van der Waals surface area contributed by atoms with Crippen LogP contribution in [-0.4, -0.2) is 32.1 Å². The van der Waals surface area contributed by atoms with E-state index in [4.69, 9.17) is 4.74 Å². The number of rotatable bonds is 9. The van der Waals surface area contributed by atoms with Crippen molar-refractivity contribution in [2.45, 2.75) is 63.8 Å². The first-order valence-electron chi connectivity index (χ1n) is 9.41. The number of hydrogen-bond donors (Lipinski definition) is 2. The molecule has 0 unspecified atom stereocenters. The highest BCUT2D eigenvalue weighted by atomic mass is 35.5. The molecule has 0 atom stereocenters. The Kier molecular flexibility index (Phi) is 11.3. The lowest BCUT2D eigenvalue weighted by Crippen LogP contribution is -2.36. The molecule has 0 bridgehead atoms. The third-order valence-electron chi connectivity index (χ3n) is 4.76. The van der Waals surface area contributed by atoms with E-state index in [1.54, 1.807) is 7.11 Å². The van der Waals surface area contributed by atoms with Crippen LogP contribution in [0.1, 0.15) is 56.9 Å². The summed E-state index contributed by atoms with van der Waals surface area (Å²) in [5.74, 6) is 1.03. The molecule has 0 heterocycles. The molecule has 1 saturated carbocycles. The van der Waals surface area contributed by atoms with Gasteiger partial charge in [-0.05, 0) is 43.4 Å². The van der Waals surface area contributed by atoms with Crippen LogP contribution >= 0.6 is 12.4 Å². The van der Waals surface area contributed by atoms with Gasteiger partial charge in [-0.2, -0.15) is 0 Å². The molecule has 4 nitrogen and oxygen atoms in total. The number of carbonyl (C=O) groups is 1. The molecule has 0 saturated heterocycles. The van der Waals surface area contributed by atoms with Gasteiger partial charge < -0.3 is 15.4 Å². The molecule has 1 fully saturated rings. The minimum absolute atomic E-state index is 0. The Morgan fingerprint density at radius 1 is 1.08 bits per heavy atom. The van der Waals surface area contributed by atoms with E-state index in [-0.39, 0.29) is 18.3 Å². The fraction of sp³-hybridized carbons (Fsp3) is 0.650. The number of ether oxygens (including phenoxy) is 1. The van der Waals surface area contributed by atoms with Crippen molar-refractivity contribution < 1.29 is 9.53 Å². The van der Waals surface area contributed by atoms with Gasteiger partial charge in [-0.3, -0.25) is 4.79 Å². The Morgan fingerprint density at radius 3 is 2.40 bits per heavy atom. The minimum atomic E-state index is 0. The van der Waals surface area contributed by atoms with Crippen LogP contribution in [0.4, 0.5) is 0 Å². The number of carbonyl (C=O) groups excluding carboxylic acids is 1. The van der Waals surface area contributed by atoms with Crippen LogP contribution in [0.15, 0.2) is 24.3 Å². The summed E-state index contributed by atoms with van der Waals surface area (Å²) in [5.41, 5.74) is 1.25. The number of benzene rings is 1. The summed E-state index contributed by atoms with van der Waals surface area (Å²) in [7, 11) is 1.67. The zero-order valence-corrected chi connectivity index (χ0v) is 16.2. The van der Waals surface area contributed by atoms with Gasteiger partial charge in [-0.15, -0.1) is 12.4 Å². The van der Waals surface area contributed by atoms with Gasteiger partial charge in [0.25, 0.3) is 0 Å². The van der Waals surface area contributed by atoms with E-state index in [1.807, 2.05) is 12.1 Å². The topological polar surface area (TPSA) is 50.4 Å². The maximum atomic E-state index is 11.9. The average Bonchev–Trinajstić information content (AvgIpc) is 2.88. The molecule has 1 aromatic rings. The van der Waals surface area contributed by atoms with Gasteiger partial charge in [-0.25, -0.2) is 0 Å². The number of amides is 1. The SMILES string of the molecule is COc1ccc(CCCC(=O)NCCNC2CCCCCC2)cc1.Cl. The number of halogens is 1. The summed E-state index contributed by atoms with van der Waals surface area (Å²) < 4.78 is 5.15. The summed E-state index contributed by atoms with van der Waals surface area (Å²) >= 11 is 0. The molecule has 5 heteroatoms. The molecule has 0 spiro atoms. The largest absolute Gasteiger partial charge is 0.497 e. The highest BCUT2D eigenvalue weighted by Gasteiger charge is 2.11. The van der Waals surface area contributed by atoms with E-state index in [0.29, 0.717) is 12.5 Å². The Balaban J connectivity index is 0.00000312. The highest BCUT2D eigenvalue weighted by molar-refractivity contribution is 5.85. The highest BCUT2D eigenvalue weighted by Crippen LogP contribution is 2.17. The van der Waals surface area contributed by atoms with Gasteiger partial charge in [0.1, 0.15) is 5.75 Å². The first-order valence-corrected chi connectivity index (χ1v) is 9.41. The first kappa shape index (κ1) is 21.8. The number of nitrogens with one attached hydrogen (secondary N) is 2. The smallest absolute Gasteiger partial charge is 0.220 e.